The lowest BCUT2D eigenvalue weighted by atomic mass is 9.70. The maximum absolute atomic E-state index is 6.75. The molecule has 0 bridgehead atoms. The van der Waals surface area contributed by atoms with Gasteiger partial charge in [-0.2, -0.15) is 0 Å². The summed E-state index contributed by atoms with van der Waals surface area (Å²) in [7, 11) is 0. The molecule has 0 amide bonds. The largest absolute Gasteiger partial charge is 0.453 e. The second-order valence-corrected chi connectivity index (χ2v) is 17.0. The van der Waals surface area contributed by atoms with Crippen molar-refractivity contribution in [1.29, 1.82) is 0 Å². The van der Waals surface area contributed by atoms with Crippen molar-refractivity contribution in [3.63, 3.8) is 0 Å². The third-order valence-corrected chi connectivity index (χ3v) is 12.9. The third-order valence-electron chi connectivity index (χ3n) is 12.9. The lowest BCUT2D eigenvalue weighted by Gasteiger charge is -2.46. The van der Waals surface area contributed by atoms with Gasteiger partial charge in [0.25, 0.3) is 0 Å². The molecule has 0 saturated carbocycles. The molecule has 3 aliphatic rings. The molecule has 280 valence electrons. The fourth-order valence-corrected chi connectivity index (χ4v) is 10.1. The Labute approximate surface area is 341 Å². The molecular weight excluding hydrogens is 705 g/mol. The Kier molecular flexibility index (Phi) is 7.46. The molecular formula is C55H44N2O. The third kappa shape index (κ3) is 4.99. The standard InChI is InChI=1S/C55H44N2O/c1-35-15-13-24-49-52(35)57-48-23-12-11-22-46(48)55(4,5)51-42(31-32-50(58-49)53(51)57)38-18-14-19-40(33-38)56(39-27-25-37(26-28-39)36-16-7-6-8-17-36)41-29-30-44-43-20-9-10-21-45(43)54(2,3)47(44)34-41/h6-34H,1-5H3. The molecule has 0 aromatic heterocycles. The van der Waals surface area contributed by atoms with Gasteiger partial charge in [-0.25, -0.2) is 0 Å². The zero-order valence-corrected chi connectivity index (χ0v) is 33.5. The van der Waals surface area contributed by atoms with E-state index in [9.17, 15) is 0 Å². The molecule has 1 aliphatic carbocycles. The topological polar surface area (TPSA) is 15.7 Å². The molecule has 0 unspecified atom stereocenters. The fourth-order valence-electron chi connectivity index (χ4n) is 10.1. The van der Waals surface area contributed by atoms with Gasteiger partial charge in [-0.3, -0.25) is 0 Å². The first kappa shape index (κ1) is 34.4. The number of aryl methyl sites for hydroxylation is 1. The van der Waals surface area contributed by atoms with Crippen LogP contribution in [-0.2, 0) is 10.8 Å². The lowest BCUT2D eigenvalue weighted by molar-refractivity contribution is 0.471. The van der Waals surface area contributed by atoms with Crippen LogP contribution in [0, 0.1) is 6.92 Å². The van der Waals surface area contributed by atoms with E-state index in [1.54, 1.807) is 0 Å². The molecule has 0 radical (unpaired) electrons. The molecule has 2 aliphatic heterocycles. The van der Waals surface area contributed by atoms with E-state index < -0.39 is 0 Å². The minimum atomic E-state index is -0.305. The number of para-hydroxylation sites is 2. The minimum Gasteiger partial charge on any atom is -0.453 e. The minimum absolute atomic E-state index is 0.120. The van der Waals surface area contributed by atoms with Crippen LogP contribution in [-0.4, -0.2) is 0 Å². The number of nitrogens with zero attached hydrogens (tertiary/aromatic N) is 2. The second kappa shape index (κ2) is 12.6. The summed E-state index contributed by atoms with van der Waals surface area (Å²) in [6.07, 6.45) is 0. The van der Waals surface area contributed by atoms with Crippen LogP contribution in [0.3, 0.4) is 0 Å². The smallest absolute Gasteiger partial charge is 0.151 e. The van der Waals surface area contributed by atoms with Gasteiger partial charge >= 0.3 is 0 Å². The number of hydrogen-bond acceptors (Lipinski definition) is 3. The molecule has 0 spiro atoms. The molecule has 8 aromatic carbocycles. The Bertz CT molecular complexity index is 2940. The molecule has 0 fully saturated rings. The van der Waals surface area contributed by atoms with Gasteiger partial charge < -0.3 is 14.5 Å². The molecule has 11 rings (SSSR count). The van der Waals surface area contributed by atoms with E-state index in [2.05, 4.69) is 220 Å². The van der Waals surface area contributed by atoms with Crippen LogP contribution in [0.15, 0.2) is 176 Å². The Morgan fingerprint density at radius 3 is 1.88 bits per heavy atom. The normalized spacial score (nSPS) is 14.7. The van der Waals surface area contributed by atoms with Crippen LogP contribution in [0.25, 0.3) is 33.4 Å². The number of ether oxygens (including phenoxy) is 1. The van der Waals surface area contributed by atoms with E-state index >= 15 is 0 Å². The van der Waals surface area contributed by atoms with Crippen molar-refractivity contribution in [3.8, 4) is 44.9 Å². The lowest BCUT2D eigenvalue weighted by Crippen LogP contribution is -2.33. The van der Waals surface area contributed by atoms with Crippen molar-refractivity contribution in [1.82, 2.24) is 0 Å². The van der Waals surface area contributed by atoms with Gasteiger partial charge in [0.15, 0.2) is 11.5 Å². The van der Waals surface area contributed by atoms with E-state index in [0.717, 1.165) is 45.5 Å². The molecule has 2 heterocycles. The summed E-state index contributed by atoms with van der Waals surface area (Å²) in [5.41, 5.74) is 20.3. The van der Waals surface area contributed by atoms with Crippen molar-refractivity contribution in [2.24, 2.45) is 0 Å². The Hall–Kier alpha value is -6.84. The van der Waals surface area contributed by atoms with Crippen molar-refractivity contribution in [2.75, 3.05) is 9.80 Å². The predicted octanol–water partition coefficient (Wildman–Crippen LogP) is 15.3. The zero-order valence-electron chi connectivity index (χ0n) is 33.5. The van der Waals surface area contributed by atoms with Crippen LogP contribution < -0.4 is 14.5 Å². The molecule has 8 aromatic rings. The van der Waals surface area contributed by atoms with Gasteiger partial charge in [-0.1, -0.05) is 149 Å². The van der Waals surface area contributed by atoms with Crippen LogP contribution in [0.1, 0.15) is 55.5 Å². The fraction of sp³-hybridized carbons (Fsp3) is 0.127. The van der Waals surface area contributed by atoms with Crippen LogP contribution >= 0.6 is 0 Å². The average molecular weight is 749 g/mol. The Balaban J connectivity index is 1.10. The van der Waals surface area contributed by atoms with Crippen LogP contribution in [0.2, 0.25) is 0 Å². The number of anilines is 6. The van der Waals surface area contributed by atoms with E-state index in [1.807, 2.05) is 0 Å². The van der Waals surface area contributed by atoms with Crippen molar-refractivity contribution in [3.05, 3.63) is 204 Å². The molecule has 0 saturated heterocycles. The molecule has 58 heavy (non-hydrogen) atoms. The first-order valence-corrected chi connectivity index (χ1v) is 20.4. The highest BCUT2D eigenvalue weighted by atomic mass is 16.5. The molecule has 0 N–H and O–H groups in total. The van der Waals surface area contributed by atoms with Crippen LogP contribution in [0.5, 0.6) is 11.5 Å². The van der Waals surface area contributed by atoms with Crippen LogP contribution in [0.4, 0.5) is 34.1 Å². The SMILES string of the molecule is Cc1cccc2c1N1c3ccccc3C(C)(C)c3c(-c4cccc(N(c5ccc(-c6ccccc6)cc5)c5ccc6c(c5)C(C)(C)c5ccccc5-6)c4)ccc(c31)O2. The van der Waals surface area contributed by atoms with Crippen molar-refractivity contribution in [2.45, 2.75) is 45.4 Å². The van der Waals surface area contributed by atoms with Gasteiger partial charge in [0.05, 0.1) is 17.1 Å². The highest BCUT2D eigenvalue weighted by Gasteiger charge is 2.43. The predicted molar refractivity (Wildman–Crippen MR) is 241 cm³/mol. The Morgan fingerprint density at radius 1 is 0.431 bits per heavy atom. The van der Waals surface area contributed by atoms with Gasteiger partial charge in [-0.15, -0.1) is 0 Å². The van der Waals surface area contributed by atoms with Gasteiger partial charge in [0.2, 0.25) is 0 Å². The van der Waals surface area contributed by atoms with Gasteiger partial charge in [-0.05, 0) is 123 Å². The summed E-state index contributed by atoms with van der Waals surface area (Å²) in [5.74, 6) is 1.77. The Morgan fingerprint density at radius 2 is 1.05 bits per heavy atom. The maximum atomic E-state index is 6.75. The maximum Gasteiger partial charge on any atom is 0.151 e. The first-order chi connectivity index (χ1) is 28.2. The highest BCUT2D eigenvalue weighted by Crippen LogP contribution is 2.62. The summed E-state index contributed by atoms with van der Waals surface area (Å²) in [4.78, 5) is 4.88. The summed E-state index contributed by atoms with van der Waals surface area (Å²) >= 11 is 0. The summed E-state index contributed by atoms with van der Waals surface area (Å²) in [6, 6.07) is 64.4. The van der Waals surface area contributed by atoms with Crippen molar-refractivity contribution < 1.29 is 4.74 Å². The van der Waals surface area contributed by atoms with E-state index in [0.29, 0.717) is 0 Å². The van der Waals surface area contributed by atoms with Crippen molar-refractivity contribution >= 4 is 34.1 Å². The molecule has 3 nitrogen and oxygen atoms in total. The monoisotopic (exact) mass is 748 g/mol. The average Bonchev–Trinajstić information content (AvgIpc) is 3.48. The second-order valence-electron chi connectivity index (χ2n) is 17.0. The van der Waals surface area contributed by atoms with E-state index in [1.165, 1.54) is 61.3 Å². The number of fused-ring (bicyclic) bond motifs is 7. The summed E-state index contributed by atoms with van der Waals surface area (Å²) in [6.45, 7) is 11.6. The quantitative estimate of drug-likeness (QED) is 0.174. The molecule has 0 atom stereocenters. The molecule has 3 heteroatoms. The van der Waals surface area contributed by atoms with E-state index in [-0.39, 0.29) is 10.8 Å². The summed E-state index contributed by atoms with van der Waals surface area (Å²) < 4.78 is 6.75. The number of rotatable bonds is 5. The first-order valence-electron chi connectivity index (χ1n) is 20.4. The van der Waals surface area contributed by atoms with Gasteiger partial charge in [0.1, 0.15) is 0 Å². The highest BCUT2D eigenvalue weighted by molar-refractivity contribution is 5.98. The summed E-state index contributed by atoms with van der Waals surface area (Å²) in [5, 5.41) is 0. The zero-order chi connectivity index (χ0) is 39.3. The van der Waals surface area contributed by atoms with Gasteiger partial charge in [0, 0.05) is 27.9 Å². The number of hydrogen-bond donors (Lipinski definition) is 0. The number of benzene rings is 8. The van der Waals surface area contributed by atoms with E-state index in [4.69, 9.17) is 4.74 Å².